The summed E-state index contributed by atoms with van der Waals surface area (Å²) in [4.78, 5) is 42.0. The molecule has 186 valence electrons. The van der Waals surface area contributed by atoms with Crippen LogP contribution in [0.15, 0.2) is 42.0 Å². The van der Waals surface area contributed by atoms with Crippen molar-refractivity contribution in [3.8, 4) is 0 Å². The van der Waals surface area contributed by atoms with E-state index in [1.54, 1.807) is 0 Å². The van der Waals surface area contributed by atoms with Gasteiger partial charge < -0.3 is 5.11 Å². The molecule has 1 aromatic rings. The normalized spacial score (nSPS) is 44.1. The minimum Gasteiger partial charge on any atom is -0.481 e. The number of carboxylic acid groups (broad SMARTS) is 1. The molecular weight excluding hydrogens is 438 g/mol. The summed E-state index contributed by atoms with van der Waals surface area (Å²) in [6, 6.07) is 9.39. The Bertz CT molecular complexity index is 1140. The SMILES string of the molecule is CC(C)C1=C[C@@]23CC[C@H]4[C@](C)(CCC[C@@]4(C)C(=O)O)[C@@H]2C[C@@H]1[C@H]1C(=O)N(c2ccccc2)C(=O)[C@@H]13. The van der Waals surface area contributed by atoms with Gasteiger partial charge in [-0.05, 0) is 80.2 Å². The molecule has 6 aliphatic rings. The van der Waals surface area contributed by atoms with Gasteiger partial charge in [-0.3, -0.25) is 19.3 Å². The van der Waals surface area contributed by atoms with Crippen LogP contribution in [0, 0.1) is 51.8 Å². The number of fused-ring (bicyclic) bond motifs is 1. The Morgan fingerprint density at radius 2 is 1.74 bits per heavy atom. The van der Waals surface area contributed by atoms with Gasteiger partial charge in [0, 0.05) is 5.41 Å². The maximum absolute atomic E-state index is 14.1. The van der Waals surface area contributed by atoms with Crippen molar-refractivity contribution in [1.82, 2.24) is 0 Å². The topological polar surface area (TPSA) is 74.7 Å². The predicted molar refractivity (Wildman–Crippen MR) is 133 cm³/mol. The van der Waals surface area contributed by atoms with Crippen molar-refractivity contribution in [2.24, 2.45) is 51.8 Å². The molecule has 1 N–H and O–H groups in total. The minimum absolute atomic E-state index is 0.0356. The summed E-state index contributed by atoms with van der Waals surface area (Å²) >= 11 is 0. The Balaban J connectivity index is 1.50. The van der Waals surface area contributed by atoms with Crippen molar-refractivity contribution >= 4 is 23.5 Å². The third-order valence-electron chi connectivity index (χ3n) is 11.2. The highest BCUT2D eigenvalue weighted by atomic mass is 16.4. The fourth-order valence-electron chi connectivity index (χ4n) is 9.79. The van der Waals surface area contributed by atoms with Gasteiger partial charge in [0.05, 0.1) is 22.9 Å². The quantitative estimate of drug-likeness (QED) is 0.449. The first kappa shape index (κ1) is 23.0. The highest BCUT2D eigenvalue weighted by Crippen LogP contribution is 2.74. The molecule has 1 aliphatic heterocycles. The zero-order valence-corrected chi connectivity index (χ0v) is 21.3. The largest absolute Gasteiger partial charge is 0.481 e. The van der Waals surface area contributed by atoms with Gasteiger partial charge >= 0.3 is 5.97 Å². The van der Waals surface area contributed by atoms with Crippen LogP contribution in [0.2, 0.25) is 0 Å². The number of nitrogens with zero attached hydrogens (tertiary/aromatic N) is 1. The standard InChI is InChI=1S/C30H37NO4/c1-17(2)20-16-30-14-11-21-28(3,12-8-13-29(21,4)27(34)35)22(30)15-19(20)23-24(30)26(33)31(25(23)32)18-9-6-5-7-10-18/h5-7,9-10,16-17,19,21-24H,8,11-15H2,1-4H3,(H,34,35)/t19-,21-,22-,23+,24+,28-,29+,30-/m0/s1. The van der Waals surface area contributed by atoms with Gasteiger partial charge in [-0.2, -0.15) is 0 Å². The highest BCUT2D eigenvalue weighted by molar-refractivity contribution is 6.22. The lowest BCUT2D eigenvalue weighted by molar-refractivity contribution is -0.194. The molecule has 7 rings (SSSR count). The van der Waals surface area contributed by atoms with Crippen LogP contribution in [-0.4, -0.2) is 22.9 Å². The van der Waals surface area contributed by atoms with Crippen LogP contribution in [0.1, 0.15) is 66.2 Å². The van der Waals surface area contributed by atoms with Crippen LogP contribution in [0.3, 0.4) is 0 Å². The number of carbonyl (C=O) groups excluding carboxylic acids is 2. The van der Waals surface area contributed by atoms with Crippen molar-refractivity contribution in [2.45, 2.75) is 66.2 Å². The van der Waals surface area contributed by atoms with Gasteiger partial charge in [-0.1, -0.05) is 57.0 Å². The average Bonchev–Trinajstić information content (AvgIpc) is 3.11. The number of benzene rings is 1. The molecule has 2 bridgehead atoms. The van der Waals surface area contributed by atoms with E-state index in [9.17, 15) is 19.5 Å². The van der Waals surface area contributed by atoms with Crippen molar-refractivity contribution < 1.29 is 19.5 Å². The smallest absolute Gasteiger partial charge is 0.309 e. The molecular formula is C30H37NO4. The molecule has 5 aliphatic carbocycles. The maximum Gasteiger partial charge on any atom is 0.309 e. The molecule has 1 spiro atoms. The Kier molecular flexibility index (Phi) is 4.80. The van der Waals surface area contributed by atoms with Gasteiger partial charge in [-0.25, -0.2) is 0 Å². The van der Waals surface area contributed by atoms with Crippen molar-refractivity contribution in [3.05, 3.63) is 42.0 Å². The number of para-hydroxylation sites is 1. The maximum atomic E-state index is 14.1. The third kappa shape index (κ3) is 2.73. The molecule has 8 atom stereocenters. The molecule has 5 nitrogen and oxygen atoms in total. The summed E-state index contributed by atoms with van der Waals surface area (Å²) in [5.74, 6) is -0.668. The van der Waals surface area contributed by atoms with E-state index in [1.807, 2.05) is 37.3 Å². The van der Waals surface area contributed by atoms with Crippen LogP contribution in [0.4, 0.5) is 5.69 Å². The van der Waals surface area contributed by atoms with Gasteiger partial charge in [0.25, 0.3) is 0 Å². The number of hydrogen-bond acceptors (Lipinski definition) is 3. The van der Waals surface area contributed by atoms with Gasteiger partial charge in [-0.15, -0.1) is 0 Å². The lowest BCUT2D eigenvalue weighted by Gasteiger charge is -2.68. The lowest BCUT2D eigenvalue weighted by Crippen LogP contribution is -2.65. The van der Waals surface area contributed by atoms with E-state index in [2.05, 4.69) is 26.8 Å². The Hall–Kier alpha value is -2.43. The third-order valence-corrected chi connectivity index (χ3v) is 11.2. The number of allylic oxidation sites excluding steroid dienone is 2. The molecule has 5 heteroatoms. The summed E-state index contributed by atoms with van der Waals surface area (Å²) in [5, 5.41) is 10.3. The molecule has 4 fully saturated rings. The van der Waals surface area contributed by atoms with E-state index in [0.29, 0.717) is 11.6 Å². The van der Waals surface area contributed by atoms with Gasteiger partial charge in [0.2, 0.25) is 11.8 Å². The lowest BCUT2D eigenvalue weighted by atomic mass is 9.34. The van der Waals surface area contributed by atoms with Crippen LogP contribution in [0.5, 0.6) is 0 Å². The van der Waals surface area contributed by atoms with Crippen LogP contribution in [-0.2, 0) is 14.4 Å². The Morgan fingerprint density at radius 3 is 2.40 bits per heavy atom. The molecule has 3 saturated carbocycles. The second-order valence-electron chi connectivity index (χ2n) is 12.8. The first-order valence-electron chi connectivity index (χ1n) is 13.4. The molecule has 1 heterocycles. The van der Waals surface area contributed by atoms with Crippen molar-refractivity contribution in [2.75, 3.05) is 4.90 Å². The number of hydrogen-bond donors (Lipinski definition) is 1. The molecule has 1 saturated heterocycles. The fraction of sp³-hybridized carbons (Fsp3) is 0.633. The van der Waals surface area contributed by atoms with E-state index >= 15 is 0 Å². The zero-order valence-electron chi connectivity index (χ0n) is 21.3. The minimum atomic E-state index is -0.721. The van der Waals surface area contributed by atoms with E-state index in [1.165, 1.54) is 10.5 Å². The van der Waals surface area contributed by atoms with E-state index in [4.69, 9.17) is 0 Å². The van der Waals surface area contributed by atoms with Crippen LogP contribution < -0.4 is 4.90 Å². The molecule has 0 unspecified atom stereocenters. The second-order valence-corrected chi connectivity index (χ2v) is 12.8. The summed E-state index contributed by atoms with van der Waals surface area (Å²) in [5.41, 5.74) is 0.789. The van der Waals surface area contributed by atoms with E-state index < -0.39 is 11.4 Å². The van der Waals surface area contributed by atoms with E-state index in [0.717, 1.165) is 38.5 Å². The molecule has 0 aromatic heterocycles. The number of anilines is 1. The van der Waals surface area contributed by atoms with Gasteiger partial charge in [0.1, 0.15) is 0 Å². The summed E-state index contributed by atoms with van der Waals surface area (Å²) in [6.07, 6.45) is 7.58. The fourth-order valence-corrected chi connectivity index (χ4v) is 9.79. The average molecular weight is 476 g/mol. The first-order chi connectivity index (χ1) is 16.6. The zero-order chi connectivity index (χ0) is 24.9. The summed E-state index contributed by atoms with van der Waals surface area (Å²) in [7, 11) is 0. The van der Waals surface area contributed by atoms with Crippen molar-refractivity contribution in [1.29, 1.82) is 0 Å². The van der Waals surface area contributed by atoms with E-state index in [-0.39, 0.29) is 52.2 Å². The second kappa shape index (κ2) is 7.30. The predicted octanol–water partition coefficient (Wildman–Crippen LogP) is 5.70. The monoisotopic (exact) mass is 475 g/mol. The molecule has 2 amide bonds. The number of carbonyl (C=O) groups is 3. The number of imide groups is 1. The summed E-state index contributed by atoms with van der Waals surface area (Å²) in [6.45, 7) is 8.69. The number of rotatable bonds is 3. The highest BCUT2D eigenvalue weighted by Gasteiger charge is 2.73. The number of amides is 2. The molecule has 35 heavy (non-hydrogen) atoms. The molecule has 0 radical (unpaired) electrons. The summed E-state index contributed by atoms with van der Waals surface area (Å²) < 4.78 is 0. The first-order valence-corrected chi connectivity index (χ1v) is 13.4. The van der Waals surface area contributed by atoms with Gasteiger partial charge in [0.15, 0.2) is 0 Å². The number of aliphatic carboxylic acids is 1. The van der Waals surface area contributed by atoms with Crippen molar-refractivity contribution in [3.63, 3.8) is 0 Å². The Labute approximate surface area is 208 Å². The van der Waals surface area contributed by atoms with Crippen LogP contribution in [0.25, 0.3) is 0 Å². The van der Waals surface area contributed by atoms with Crippen LogP contribution >= 0.6 is 0 Å². The Morgan fingerprint density at radius 1 is 1.03 bits per heavy atom. The number of carboxylic acids is 1. The molecule has 1 aromatic carbocycles.